The molecule has 2 N–H and O–H groups in total. The van der Waals surface area contributed by atoms with Crippen LogP contribution in [0.25, 0.3) is 0 Å². The SMILES string of the molecule is COc1ccc(CN)c(OCc2c(C)cccc2C)c1. The third-order valence-corrected chi connectivity index (χ3v) is 3.51. The van der Waals surface area contributed by atoms with E-state index in [9.17, 15) is 0 Å². The molecule has 2 rings (SSSR count). The Labute approximate surface area is 120 Å². The molecule has 0 radical (unpaired) electrons. The third-order valence-electron chi connectivity index (χ3n) is 3.51. The summed E-state index contributed by atoms with van der Waals surface area (Å²) in [4.78, 5) is 0. The fourth-order valence-corrected chi connectivity index (χ4v) is 2.19. The van der Waals surface area contributed by atoms with Crippen molar-refractivity contribution in [3.8, 4) is 11.5 Å². The summed E-state index contributed by atoms with van der Waals surface area (Å²) in [6.07, 6.45) is 0. The molecule has 0 aliphatic carbocycles. The van der Waals surface area contributed by atoms with Crippen molar-refractivity contribution in [2.24, 2.45) is 5.73 Å². The maximum atomic E-state index is 5.96. The van der Waals surface area contributed by atoms with Crippen LogP contribution >= 0.6 is 0 Å². The van der Waals surface area contributed by atoms with E-state index in [1.807, 2.05) is 18.2 Å². The predicted octanol–water partition coefficient (Wildman–Crippen LogP) is 3.35. The molecule has 3 nitrogen and oxygen atoms in total. The van der Waals surface area contributed by atoms with Crippen molar-refractivity contribution in [1.29, 1.82) is 0 Å². The molecule has 0 atom stereocenters. The second kappa shape index (κ2) is 6.44. The van der Waals surface area contributed by atoms with Crippen molar-refractivity contribution in [2.75, 3.05) is 7.11 Å². The minimum absolute atomic E-state index is 0.450. The van der Waals surface area contributed by atoms with Crippen molar-refractivity contribution in [3.05, 3.63) is 58.7 Å². The molecule has 0 heterocycles. The molecule has 0 spiro atoms. The van der Waals surface area contributed by atoms with Crippen molar-refractivity contribution in [2.45, 2.75) is 27.0 Å². The molecule has 20 heavy (non-hydrogen) atoms. The van der Waals surface area contributed by atoms with E-state index in [1.165, 1.54) is 16.7 Å². The van der Waals surface area contributed by atoms with E-state index >= 15 is 0 Å². The Hall–Kier alpha value is -2.00. The minimum atomic E-state index is 0.450. The van der Waals surface area contributed by atoms with Crippen molar-refractivity contribution >= 4 is 0 Å². The highest BCUT2D eigenvalue weighted by Gasteiger charge is 2.07. The van der Waals surface area contributed by atoms with Gasteiger partial charge in [-0.25, -0.2) is 0 Å². The lowest BCUT2D eigenvalue weighted by atomic mass is 10.0. The highest BCUT2D eigenvalue weighted by atomic mass is 16.5. The average molecular weight is 271 g/mol. The summed E-state index contributed by atoms with van der Waals surface area (Å²) in [5.74, 6) is 1.56. The Balaban J connectivity index is 2.22. The molecule has 0 bridgehead atoms. The fraction of sp³-hybridized carbons (Fsp3) is 0.294. The maximum Gasteiger partial charge on any atom is 0.127 e. The van der Waals surface area contributed by atoms with E-state index in [2.05, 4.69) is 32.0 Å². The van der Waals surface area contributed by atoms with Crippen molar-refractivity contribution in [3.63, 3.8) is 0 Å². The molecule has 3 heteroatoms. The summed E-state index contributed by atoms with van der Waals surface area (Å²) in [5, 5.41) is 0. The van der Waals surface area contributed by atoms with Crippen molar-refractivity contribution < 1.29 is 9.47 Å². The first kappa shape index (κ1) is 14.4. The molecule has 0 saturated carbocycles. The number of hydrogen-bond acceptors (Lipinski definition) is 3. The Morgan fingerprint density at radius 3 is 2.35 bits per heavy atom. The van der Waals surface area contributed by atoms with E-state index in [4.69, 9.17) is 15.2 Å². The highest BCUT2D eigenvalue weighted by molar-refractivity contribution is 5.41. The first-order valence-electron chi connectivity index (χ1n) is 6.70. The smallest absolute Gasteiger partial charge is 0.127 e. The lowest BCUT2D eigenvalue weighted by Gasteiger charge is -2.14. The van der Waals surface area contributed by atoms with Gasteiger partial charge in [0.25, 0.3) is 0 Å². The summed E-state index contributed by atoms with van der Waals surface area (Å²) >= 11 is 0. The van der Waals surface area contributed by atoms with Gasteiger partial charge in [-0.2, -0.15) is 0 Å². The van der Waals surface area contributed by atoms with E-state index in [0.717, 1.165) is 17.1 Å². The van der Waals surface area contributed by atoms with E-state index in [-0.39, 0.29) is 0 Å². The Kier molecular flexibility index (Phi) is 4.64. The molecule has 0 unspecified atom stereocenters. The van der Waals surface area contributed by atoms with Gasteiger partial charge >= 0.3 is 0 Å². The van der Waals surface area contributed by atoms with Gasteiger partial charge in [-0.15, -0.1) is 0 Å². The van der Waals surface area contributed by atoms with Crippen LogP contribution in [0.5, 0.6) is 11.5 Å². The van der Waals surface area contributed by atoms with Gasteiger partial charge in [0.2, 0.25) is 0 Å². The fourth-order valence-electron chi connectivity index (χ4n) is 2.19. The zero-order valence-corrected chi connectivity index (χ0v) is 12.3. The second-order valence-electron chi connectivity index (χ2n) is 4.84. The summed E-state index contributed by atoms with van der Waals surface area (Å²) in [6, 6.07) is 12.0. The van der Waals surface area contributed by atoms with Crippen LogP contribution in [-0.2, 0) is 13.2 Å². The molecule has 2 aromatic rings. The standard InChI is InChI=1S/C17H21NO2/c1-12-5-4-6-13(2)16(12)11-20-17-9-15(19-3)8-7-14(17)10-18/h4-9H,10-11,18H2,1-3H3. The summed E-state index contributed by atoms with van der Waals surface area (Å²) in [7, 11) is 1.65. The second-order valence-corrected chi connectivity index (χ2v) is 4.84. The van der Waals surface area contributed by atoms with E-state index < -0.39 is 0 Å². The normalized spacial score (nSPS) is 10.4. The van der Waals surface area contributed by atoms with Crippen molar-refractivity contribution in [1.82, 2.24) is 0 Å². The third kappa shape index (κ3) is 3.11. The van der Waals surface area contributed by atoms with Gasteiger partial charge in [0.05, 0.1) is 7.11 Å². The number of nitrogens with two attached hydrogens (primary N) is 1. The van der Waals surface area contributed by atoms with Crippen LogP contribution in [0, 0.1) is 13.8 Å². The lowest BCUT2D eigenvalue weighted by molar-refractivity contribution is 0.299. The Morgan fingerprint density at radius 1 is 1.05 bits per heavy atom. The maximum absolute atomic E-state index is 5.96. The van der Waals surface area contributed by atoms with Crippen LogP contribution in [0.2, 0.25) is 0 Å². The molecule has 0 aliphatic heterocycles. The van der Waals surface area contributed by atoms with Crippen LogP contribution in [0.3, 0.4) is 0 Å². The average Bonchev–Trinajstić information content (AvgIpc) is 2.46. The predicted molar refractivity (Wildman–Crippen MR) is 81.1 cm³/mol. The largest absolute Gasteiger partial charge is 0.497 e. The number of ether oxygens (including phenoxy) is 2. The molecule has 0 saturated heterocycles. The van der Waals surface area contributed by atoms with Gasteiger partial charge in [0.15, 0.2) is 0 Å². The first-order valence-corrected chi connectivity index (χ1v) is 6.70. The highest BCUT2D eigenvalue weighted by Crippen LogP contribution is 2.26. The zero-order valence-electron chi connectivity index (χ0n) is 12.3. The summed E-state index contributed by atoms with van der Waals surface area (Å²) < 4.78 is 11.2. The quantitative estimate of drug-likeness (QED) is 0.907. The van der Waals surface area contributed by atoms with E-state index in [0.29, 0.717) is 13.2 Å². The first-order chi connectivity index (χ1) is 9.65. The Bertz CT molecular complexity index is 573. The number of hydrogen-bond donors (Lipinski definition) is 1. The summed E-state index contributed by atoms with van der Waals surface area (Å²) in [5.41, 5.74) is 10.4. The number of methoxy groups -OCH3 is 1. The molecule has 2 aromatic carbocycles. The minimum Gasteiger partial charge on any atom is -0.497 e. The van der Waals surface area contributed by atoms with Gasteiger partial charge in [0, 0.05) is 18.2 Å². The van der Waals surface area contributed by atoms with Gasteiger partial charge < -0.3 is 15.2 Å². The number of aryl methyl sites for hydroxylation is 2. The molecular weight excluding hydrogens is 250 g/mol. The zero-order chi connectivity index (χ0) is 14.5. The van der Waals surface area contributed by atoms with Crippen LogP contribution in [-0.4, -0.2) is 7.11 Å². The number of rotatable bonds is 5. The Morgan fingerprint density at radius 2 is 1.75 bits per heavy atom. The van der Waals surface area contributed by atoms with Gasteiger partial charge in [-0.3, -0.25) is 0 Å². The van der Waals surface area contributed by atoms with Crippen LogP contribution in [0.1, 0.15) is 22.3 Å². The van der Waals surface area contributed by atoms with Crippen LogP contribution < -0.4 is 15.2 Å². The molecule has 0 fully saturated rings. The van der Waals surface area contributed by atoms with Gasteiger partial charge in [-0.1, -0.05) is 24.3 Å². The van der Waals surface area contributed by atoms with E-state index in [1.54, 1.807) is 7.11 Å². The monoisotopic (exact) mass is 271 g/mol. The molecule has 0 amide bonds. The molecule has 0 aromatic heterocycles. The molecule has 0 aliphatic rings. The van der Waals surface area contributed by atoms with Gasteiger partial charge in [0.1, 0.15) is 18.1 Å². The van der Waals surface area contributed by atoms with Crippen LogP contribution in [0.4, 0.5) is 0 Å². The molecule has 106 valence electrons. The topological polar surface area (TPSA) is 44.5 Å². The molecular formula is C17H21NO2. The van der Waals surface area contributed by atoms with Crippen LogP contribution in [0.15, 0.2) is 36.4 Å². The number of benzene rings is 2. The summed E-state index contributed by atoms with van der Waals surface area (Å²) in [6.45, 7) is 5.19. The van der Waals surface area contributed by atoms with Gasteiger partial charge in [-0.05, 0) is 36.6 Å². The lowest BCUT2D eigenvalue weighted by Crippen LogP contribution is -2.05.